The fraction of sp³-hybridized carbons (Fsp3) is 0.444. The first kappa shape index (κ1) is 16.3. The van der Waals surface area contributed by atoms with Gasteiger partial charge in [0.2, 0.25) is 5.95 Å². The number of aromatic nitrogens is 2. The van der Waals surface area contributed by atoms with Crippen molar-refractivity contribution >= 4 is 17.5 Å². The summed E-state index contributed by atoms with van der Waals surface area (Å²) in [6, 6.07) is 10.4. The lowest BCUT2D eigenvalue weighted by molar-refractivity contribution is 0.590. The predicted molar refractivity (Wildman–Crippen MR) is 93.9 cm³/mol. The number of benzene rings is 1. The second kappa shape index (κ2) is 7.25. The van der Waals surface area contributed by atoms with Crippen molar-refractivity contribution < 1.29 is 0 Å². The predicted octanol–water partition coefficient (Wildman–Crippen LogP) is 4.73. The summed E-state index contributed by atoms with van der Waals surface area (Å²) < 4.78 is 0. The number of rotatable bonds is 6. The molecule has 118 valence electrons. The maximum atomic E-state index is 4.48. The van der Waals surface area contributed by atoms with Crippen LogP contribution in [-0.4, -0.2) is 16.5 Å². The largest absolute Gasteiger partial charge is 0.354 e. The summed E-state index contributed by atoms with van der Waals surface area (Å²) in [5, 5.41) is 6.56. The Balaban J connectivity index is 2.02. The van der Waals surface area contributed by atoms with E-state index >= 15 is 0 Å². The zero-order valence-corrected chi connectivity index (χ0v) is 14.0. The topological polar surface area (TPSA) is 49.8 Å². The van der Waals surface area contributed by atoms with Gasteiger partial charge in [-0.05, 0) is 35.6 Å². The van der Waals surface area contributed by atoms with E-state index in [1.807, 2.05) is 6.07 Å². The molecule has 2 aromatic rings. The Morgan fingerprint density at radius 2 is 1.77 bits per heavy atom. The summed E-state index contributed by atoms with van der Waals surface area (Å²) in [7, 11) is 0. The van der Waals surface area contributed by atoms with Crippen LogP contribution in [0.15, 0.2) is 36.5 Å². The van der Waals surface area contributed by atoms with Gasteiger partial charge in [-0.3, -0.25) is 0 Å². The Labute approximate surface area is 133 Å². The number of hydrogen-bond acceptors (Lipinski definition) is 4. The molecule has 0 spiro atoms. The summed E-state index contributed by atoms with van der Waals surface area (Å²) in [5.41, 5.74) is 2.53. The van der Waals surface area contributed by atoms with Gasteiger partial charge in [-0.15, -0.1) is 0 Å². The number of unbranched alkanes of at least 4 members (excludes halogenated alkanes) is 1. The average molecular weight is 298 g/mol. The minimum absolute atomic E-state index is 0.170. The molecule has 0 radical (unpaired) electrons. The van der Waals surface area contributed by atoms with Crippen LogP contribution in [0.2, 0.25) is 0 Å². The van der Waals surface area contributed by atoms with Crippen molar-refractivity contribution in [3.63, 3.8) is 0 Å². The molecule has 4 heteroatoms. The van der Waals surface area contributed by atoms with E-state index in [0.29, 0.717) is 5.95 Å². The van der Waals surface area contributed by atoms with E-state index in [1.54, 1.807) is 6.20 Å². The molecule has 1 heterocycles. The van der Waals surface area contributed by atoms with Crippen molar-refractivity contribution in [2.24, 2.45) is 0 Å². The lowest BCUT2D eigenvalue weighted by Gasteiger charge is -2.19. The van der Waals surface area contributed by atoms with Crippen molar-refractivity contribution in [1.82, 2.24) is 9.97 Å². The summed E-state index contributed by atoms with van der Waals surface area (Å²) >= 11 is 0. The molecule has 0 bridgehead atoms. The van der Waals surface area contributed by atoms with Crippen molar-refractivity contribution in [3.05, 3.63) is 42.1 Å². The molecule has 0 amide bonds. The van der Waals surface area contributed by atoms with Crippen LogP contribution in [-0.2, 0) is 5.41 Å². The minimum atomic E-state index is 0.170. The van der Waals surface area contributed by atoms with E-state index in [2.05, 4.69) is 72.6 Å². The molecule has 0 fully saturated rings. The second-order valence-corrected chi connectivity index (χ2v) is 6.50. The van der Waals surface area contributed by atoms with Gasteiger partial charge >= 0.3 is 0 Å². The molecule has 0 unspecified atom stereocenters. The molecule has 0 aliphatic rings. The van der Waals surface area contributed by atoms with Gasteiger partial charge in [0.05, 0.1) is 0 Å². The summed E-state index contributed by atoms with van der Waals surface area (Å²) in [4.78, 5) is 8.71. The summed E-state index contributed by atoms with van der Waals surface area (Å²) in [6.45, 7) is 9.72. The van der Waals surface area contributed by atoms with Gasteiger partial charge < -0.3 is 10.6 Å². The zero-order chi connectivity index (χ0) is 16.0. The van der Waals surface area contributed by atoms with Crippen LogP contribution in [0.1, 0.15) is 46.1 Å². The molecule has 22 heavy (non-hydrogen) atoms. The van der Waals surface area contributed by atoms with E-state index in [4.69, 9.17) is 0 Å². The number of nitrogens with one attached hydrogen (secondary N) is 2. The summed E-state index contributed by atoms with van der Waals surface area (Å²) in [6.07, 6.45) is 4.05. The number of nitrogens with zero attached hydrogens (tertiary/aromatic N) is 2. The second-order valence-electron chi connectivity index (χ2n) is 6.50. The van der Waals surface area contributed by atoms with Crippen LogP contribution in [0.25, 0.3) is 0 Å². The Morgan fingerprint density at radius 3 is 2.41 bits per heavy atom. The third-order valence-corrected chi connectivity index (χ3v) is 3.49. The van der Waals surface area contributed by atoms with Gasteiger partial charge in [0, 0.05) is 18.4 Å². The number of anilines is 3. The van der Waals surface area contributed by atoms with Gasteiger partial charge in [0.25, 0.3) is 0 Å². The van der Waals surface area contributed by atoms with Crippen LogP contribution in [0, 0.1) is 0 Å². The molecule has 0 atom stereocenters. The average Bonchev–Trinajstić information content (AvgIpc) is 2.48. The molecule has 0 aliphatic heterocycles. The first-order valence-electron chi connectivity index (χ1n) is 7.93. The number of hydrogen-bond donors (Lipinski definition) is 2. The van der Waals surface area contributed by atoms with Crippen LogP contribution in [0.4, 0.5) is 17.5 Å². The molecule has 1 aromatic carbocycles. The Kier molecular flexibility index (Phi) is 5.36. The highest BCUT2D eigenvalue weighted by Crippen LogP contribution is 2.24. The Bertz CT molecular complexity index is 585. The molecule has 0 saturated heterocycles. The van der Waals surface area contributed by atoms with Gasteiger partial charge in [-0.2, -0.15) is 4.98 Å². The SMILES string of the molecule is CCCCNc1nccc(Nc2ccc(C(C)(C)C)cc2)n1. The Hall–Kier alpha value is -2.10. The first-order valence-corrected chi connectivity index (χ1v) is 7.93. The van der Waals surface area contributed by atoms with E-state index < -0.39 is 0 Å². The third-order valence-electron chi connectivity index (χ3n) is 3.49. The van der Waals surface area contributed by atoms with E-state index in [0.717, 1.165) is 30.9 Å². The van der Waals surface area contributed by atoms with Crippen LogP contribution >= 0.6 is 0 Å². The van der Waals surface area contributed by atoms with Crippen LogP contribution in [0.5, 0.6) is 0 Å². The van der Waals surface area contributed by atoms with Crippen molar-refractivity contribution in [2.75, 3.05) is 17.2 Å². The van der Waals surface area contributed by atoms with E-state index in [1.165, 1.54) is 5.56 Å². The molecule has 2 rings (SSSR count). The summed E-state index contributed by atoms with van der Waals surface area (Å²) in [5.74, 6) is 1.47. The van der Waals surface area contributed by atoms with E-state index in [-0.39, 0.29) is 5.41 Å². The van der Waals surface area contributed by atoms with Crippen molar-refractivity contribution in [3.8, 4) is 0 Å². The van der Waals surface area contributed by atoms with Gasteiger partial charge in [-0.1, -0.05) is 46.2 Å². The molecular formula is C18H26N4. The van der Waals surface area contributed by atoms with E-state index in [9.17, 15) is 0 Å². The fourth-order valence-corrected chi connectivity index (χ4v) is 2.09. The highest BCUT2D eigenvalue weighted by molar-refractivity contribution is 5.57. The third kappa shape index (κ3) is 4.72. The monoisotopic (exact) mass is 298 g/mol. The highest BCUT2D eigenvalue weighted by Gasteiger charge is 2.12. The normalized spacial score (nSPS) is 11.3. The highest BCUT2D eigenvalue weighted by atomic mass is 15.1. The smallest absolute Gasteiger partial charge is 0.224 e. The quantitative estimate of drug-likeness (QED) is 0.757. The maximum absolute atomic E-state index is 4.48. The fourth-order valence-electron chi connectivity index (χ4n) is 2.09. The molecule has 2 N–H and O–H groups in total. The molecule has 0 aliphatic carbocycles. The van der Waals surface area contributed by atoms with Gasteiger partial charge in [-0.25, -0.2) is 4.98 Å². The standard InChI is InChI=1S/C18H26N4/c1-5-6-12-19-17-20-13-11-16(22-17)21-15-9-7-14(8-10-15)18(2,3)4/h7-11,13H,5-6,12H2,1-4H3,(H2,19,20,21,22). The van der Waals surface area contributed by atoms with Crippen LogP contribution in [0.3, 0.4) is 0 Å². The molecular weight excluding hydrogens is 272 g/mol. The molecule has 4 nitrogen and oxygen atoms in total. The van der Waals surface area contributed by atoms with Gasteiger partial charge in [0.1, 0.15) is 5.82 Å². The van der Waals surface area contributed by atoms with Crippen molar-refractivity contribution in [1.29, 1.82) is 0 Å². The first-order chi connectivity index (χ1) is 10.5. The van der Waals surface area contributed by atoms with Gasteiger partial charge in [0.15, 0.2) is 0 Å². The molecule has 0 saturated carbocycles. The zero-order valence-electron chi connectivity index (χ0n) is 14.0. The maximum Gasteiger partial charge on any atom is 0.224 e. The minimum Gasteiger partial charge on any atom is -0.354 e. The van der Waals surface area contributed by atoms with Crippen LogP contribution < -0.4 is 10.6 Å². The lowest BCUT2D eigenvalue weighted by Crippen LogP contribution is -2.10. The van der Waals surface area contributed by atoms with Crippen molar-refractivity contribution in [2.45, 2.75) is 46.0 Å². The lowest BCUT2D eigenvalue weighted by atomic mass is 9.87. The Morgan fingerprint density at radius 1 is 1.05 bits per heavy atom. The molecule has 1 aromatic heterocycles.